The van der Waals surface area contributed by atoms with Crippen LogP contribution in [0.5, 0.6) is 0 Å². The van der Waals surface area contributed by atoms with E-state index in [1.807, 2.05) is 0 Å². The summed E-state index contributed by atoms with van der Waals surface area (Å²) in [5, 5.41) is 18.0. The zero-order valence-corrected chi connectivity index (χ0v) is 8.14. The van der Waals surface area contributed by atoms with Crippen molar-refractivity contribution in [2.75, 3.05) is 0 Å². The van der Waals surface area contributed by atoms with Crippen molar-refractivity contribution in [3.05, 3.63) is 35.6 Å². The van der Waals surface area contributed by atoms with Gasteiger partial charge in [-0.2, -0.15) is 0 Å². The Balaban J connectivity index is 2.58. The highest BCUT2D eigenvalue weighted by atomic mass is 16.4. The van der Waals surface area contributed by atoms with Gasteiger partial charge in [0.2, 0.25) is 5.76 Å². The largest absolute Gasteiger partial charge is 0.481 e. The highest BCUT2D eigenvalue weighted by Gasteiger charge is 2.14. The molecule has 1 aromatic carbocycles. The van der Waals surface area contributed by atoms with Gasteiger partial charge in [0.25, 0.3) is 0 Å². The summed E-state index contributed by atoms with van der Waals surface area (Å²) < 4.78 is 5.10. The van der Waals surface area contributed by atoms with Crippen LogP contribution in [0.2, 0.25) is 0 Å². The monoisotopic (exact) mass is 220 g/mol. The lowest BCUT2D eigenvalue weighted by molar-refractivity contribution is -0.136. The van der Waals surface area contributed by atoms with Crippen LogP contribution in [0, 0.1) is 0 Å². The third-order valence-corrected chi connectivity index (χ3v) is 2.18. The lowest BCUT2D eigenvalue weighted by Crippen LogP contribution is -1.99. The molecule has 0 bridgehead atoms. The molecule has 2 N–H and O–H groups in total. The fraction of sp³-hybridized carbons (Fsp3) is 0.0909. The minimum absolute atomic E-state index is 0.187. The molecular weight excluding hydrogens is 212 g/mol. The molecule has 0 amide bonds. The predicted octanol–water partition coefficient (Wildman–Crippen LogP) is 1.76. The third-order valence-electron chi connectivity index (χ3n) is 2.18. The number of carboxylic acids is 2. The number of aliphatic carboxylic acids is 1. The van der Waals surface area contributed by atoms with E-state index in [2.05, 4.69) is 0 Å². The molecule has 0 unspecified atom stereocenters. The van der Waals surface area contributed by atoms with E-state index in [1.54, 1.807) is 18.2 Å². The molecule has 0 fully saturated rings. The fourth-order valence-corrected chi connectivity index (χ4v) is 1.53. The van der Waals surface area contributed by atoms with E-state index >= 15 is 0 Å². The van der Waals surface area contributed by atoms with E-state index in [0.717, 1.165) is 0 Å². The van der Waals surface area contributed by atoms with E-state index in [-0.39, 0.29) is 12.2 Å². The number of furan rings is 1. The summed E-state index contributed by atoms with van der Waals surface area (Å²) in [4.78, 5) is 21.3. The first kappa shape index (κ1) is 10.2. The lowest BCUT2D eigenvalue weighted by Gasteiger charge is -1.97. The number of hydrogen-bond acceptors (Lipinski definition) is 3. The fourth-order valence-electron chi connectivity index (χ4n) is 1.53. The number of fused-ring (bicyclic) bond motifs is 1. The predicted molar refractivity (Wildman–Crippen MR) is 54.5 cm³/mol. The molecule has 1 heterocycles. The maximum Gasteiger partial charge on any atom is 0.371 e. The van der Waals surface area contributed by atoms with E-state index in [9.17, 15) is 9.59 Å². The van der Waals surface area contributed by atoms with Crippen LogP contribution < -0.4 is 0 Å². The summed E-state index contributed by atoms with van der Waals surface area (Å²) in [5.41, 5.74) is 0.791. The molecule has 0 saturated heterocycles. The van der Waals surface area contributed by atoms with Crippen molar-refractivity contribution in [2.24, 2.45) is 0 Å². The Kier molecular flexibility index (Phi) is 2.36. The number of carbonyl (C=O) groups is 2. The molecular formula is C11H8O5. The van der Waals surface area contributed by atoms with Gasteiger partial charge in [0.1, 0.15) is 5.58 Å². The van der Waals surface area contributed by atoms with Gasteiger partial charge in [0.15, 0.2) is 0 Å². The van der Waals surface area contributed by atoms with E-state index in [4.69, 9.17) is 14.6 Å². The summed E-state index contributed by atoms with van der Waals surface area (Å²) in [5.74, 6) is -2.34. The lowest BCUT2D eigenvalue weighted by atomic mass is 10.1. The van der Waals surface area contributed by atoms with Crippen LogP contribution in [0.3, 0.4) is 0 Å². The Morgan fingerprint density at radius 3 is 2.62 bits per heavy atom. The Morgan fingerprint density at radius 2 is 2.00 bits per heavy atom. The molecule has 0 saturated carbocycles. The van der Waals surface area contributed by atoms with Crippen LogP contribution in [0.4, 0.5) is 0 Å². The van der Waals surface area contributed by atoms with Gasteiger partial charge in [0.05, 0.1) is 6.42 Å². The smallest absolute Gasteiger partial charge is 0.371 e. The molecule has 0 aliphatic carbocycles. The van der Waals surface area contributed by atoms with Crippen molar-refractivity contribution in [2.45, 2.75) is 6.42 Å². The van der Waals surface area contributed by atoms with Crippen LogP contribution >= 0.6 is 0 Å². The molecule has 16 heavy (non-hydrogen) atoms. The van der Waals surface area contributed by atoms with Gasteiger partial charge < -0.3 is 14.6 Å². The molecule has 5 heteroatoms. The Bertz CT molecular complexity index is 567. The van der Waals surface area contributed by atoms with Crippen LogP contribution in [-0.2, 0) is 11.2 Å². The van der Waals surface area contributed by atoms with Crippen LogP contribution in [0.1, 0.15) is 16.1 Å². The first-order chi connectivity index (χ1) is 7.58. The maximum absolute atomic E-state index is 10.7. The van der Waals surface area contributed by atoms with Crippen molar-refractivity contribution in [3.63, 3.8) is 0 Å². The van der Waals surface area contributed by atoms with Crippen molar-refractivity contribution in [1.29, 1.82) is 0 Å². The molecule has 1 aromatic heterocycles. The molecule has 82 valence electrons. The van der Waals surface area contributed by atoms with Gasteiger partial charge in [0, 0.05) is 10.9 Å². The average Bonchev–Trinajstić information content (AvgIpc) is 2.61. The maximum atomic E-state index is 10.7. The third kappa shape index (κ3) is 1.75. The van der Waals surface area contributed by atoms with Gasteiger partial charge >= 0.3 is 11.9 Å². The van der Waals surface area contributed by atoms with E-state index in [1.165, 1.54) is 6.07 Å². The SMILES string of the molecule is O=C(O)Cc1cccc2cc(C(=O)O)oc12. The number of benzene rings is 1. The van der Waals surface area contributed by atoms with Crippen LogP contribution in [0.25, 0.3) is 11.0 Å². The molecule has 0 atom stereocenters. The van der Waals surface area contributed by atoms with Crippen LogP contribution in [-0.4, -0.2) is 22.2 Å². The topological polar surface area (TPSA) is 87.7 Å². The Hall–Kier alpha value is -2.30. The summed E-state index contributed by atoms with van der Waals surface area (Å²) in [6.07, 6.45) is -0.191. The number of aromatic carboxylic acids is 1. The number of para-hydroxylation sites is 1. The van der Waals surface area contributed by atoms with Crippen LogP contribution in [0.15, 0.2) is 28.7 Å². The standard InChI is InChI=1S/C11H8O5/c12-9(13)5-7-3-1-2-6-4-8(11(14)15)16-10(6)7/h1-4H,5H2,(H,12,13)(H,14,15). The normalized spacial score (nSPS) is 10.5. The van der Waals surface area contributed by atoms with E-state index < -0.39 is 11.9 Å². The molecule has 2 aromatic rings. The van der Waals surface area contributed by atoms with Crippen molar-refractivity contribution in [3.8, 4) is 0 Å². The second kappa shape index (κ2) is 3.69. The van der Waals surface area contributed by atoms with Crippen molar-refractivity contribution < 1.29 is 24.2 Å². The van der Waals surface area contributed by atoms with Gasteiger partial charge in [-0.3, -0.25) is 4.79 Å². The van der Waals surface area contributed by atoms with Gasteiger partial charge in [-0.1, -0.05) is 18.2 Å². The average molecular weight is 220 g/mol. The summed E-state index contributed by atoms with van der Waals surface area (Å²) in [6, 6.07) is 6.33. The highest BCUT2D eigenvalue weighted by molar-refractivity contribution is 5.93. The quantitative estimate of drug-likeness (QED) is 0.822. The molecule has 5 nitrogen and oxygen atoms in total. The van der Waals surface area contributed by atoms with E-state index in [0.29, 0.717) is 16.5 Å². The molecule has 0 aliphatic rings. The zero-order valence-electron chi connectivity index (χ0n) is 8.14. The van der Waals surface area contributed by atoms with Crippen molar-refractivity contribution >= 4 is 22.9 Å². The number of hydrogen-bond donors (Lipinski definition) is 2. The van der Waals surface area contributed by atoms with Crippen molar-refractivity contribution in [1.82, 2.24) is 0 Å². The van der Waals surface area contributed by atoms with Gasteiger partial charge in [-0.25, -0.2) is 4.79 Å². The highest BCUT2D eigenvalue weighted by Crippen LogP contribution is 2.23. The first-order valence-electron chi connectivity index (χ1n) is 4.54. The molecule has 0 aliphatic heterocycles. The molecule has 0 radical (unpaired) electrons. The zero-order chi connectivity index (χ0) is 11.7. The minimum Gasteiger partial charge on any atom is -0.481 e. The summed E-state index contributed by atoms with van der Waals surface area (Å²) >= 11 is 0. The summed E-state index contributed by atoms with van der Waals surface area (Å²) in [7, 11) is 0. The van der Waals surface area contributed by atoms with Gasteiger partial charge in [-0.15, -0.1) is 0 Å². The second-order valence-corrected chi connectivity index (χ2v) is 3.32. The molecule has 0 spiro atoms. The first-order valence-corrected chi connectivity index (χ1v) is 4.54. The number of carboxylic acid groups (broad SMARTS) is 2. The minimum atomic E-state index is -1.17. The number of rotatable bonds is 3. The molecule has 2 rings (SSSR count). The summed E-state index contributed by atoms with van der Waals surface area (Å²) in [6.45, 7) is 0. The van der Waals surface area contributed by atoms with Gasteiger partial charge in [-0.05, 0) is 6.07 Å². The Labute approximate surface area is 89.9 Å². The second-order valence-electron chi connectivity index (χ2n) is 3.32. The Morgan fingerprint density at radius 1 is 1.25 bits per heavy atom.